The first-order valence-corrected chi connectivity index (χ1v) is 8.32. The van der Waals surface area contributed by atoms with Crippen molar-refractivity contribution in [2.45, 2.75) is 65.0 Å². The van der Waals surface area contributed by atoms with Gasteiger partial charge in [-0.1, -0.05) is 40.0 Å². The average Bonchev–Trinajstić information content (AvgIpc) is 2.52. The first kappa shape index (κ1) is 12.5. The molecule has 0 amide bonds. The van der Waals surface area contributed by atoms with Crippen molar-refractivity contribution in [1.29, 1.82) is 0 Å². The summed E-state index contributed by atoms with van der Waals surface area (Å²) in [5.41, 5.74) is 1.70. The molecular weight excluding hydrogens is 187 g/mol. The molecule has 14 heavy (non-hydrogen) atoms. The fourth-order valence-electron chi connectivity index (χ4n) is 2.89. The number of hydrogen-bond acceptors (Lipinski definition) is 0. The molecule has 0 saturated carbocycles. The van der Waals surface area contributed by atoms with Crippen molar-refractivity contribution in [1.82, 2.24) is 0 Å². The van der Waals surface area contributed by atoms with Crippen molar-refractivity contribution in [3.63, 3.8) is 0 Å². The summed E-state index contributed by atoms with van der Waals surface area (Å²) in [6.07, 6.45) is 10.3. The Morgan fingerprint density at radius 1 is 1.29 bits per heavy atom. The molecule has 0 aromatic heterocycles. The van der Waals surface area contributed by atoms with E-state index in [2.05, 4.69) is 27.4 Å². The largest absolute Gasteiger partial charge is 0.106 e. The summed E-state index contributed by atoms with van der Waals surface area (Å²) >= 11 is 0. The van der Waals surface area contributed by atoms with Gasteiger partial charge in [0, 0.05) is 0 Å². The topological polar surface area (TPSA) is 0 Å². The normalized spacial score (nSPS) is 28.3. The molecule has 84 valence electrons. The second kappa shape index (κ2) is 5.50. The third kappa shape index (κ3) is 3.23. The predicted molar refractivity (Wildman–Crippen MR) is 68.7 cm³/mol. The van der Waals surface area contributed by atoms with Crippen LogP contribution in [0.4, 0.5) is 0 Å². The van der Waals surface area contributed by atoms with Gasteiger partial charge in [-0.3, -0.25) is 0 Å². The highest BCUT2D eigenvalue weighted by atomic mass is 31.1. The van der Waals surface area contributed by atoms with Crippen LogP contribution in [0.25, 0.3) is 0 Å². The Kier molecular flexibility index (Phi) is 4.91. The van der Waals surface area contributed by atoms with Gasteiger partial charge in [-0.05, 0) is 43.2 Å². The summed E-state index contributed by atoms with van der Waals surface area (Å²) in [5.74, 6) is 0. The second-order valence-electron chi connectivity index (χ2n) is 5.58. The standard InChI is InChI=1S/C13H27P/c1-5-6-7-10-13(2,3)12-9-8-11-14(12)4/h12H,5-11H2,1-4H3. The average molecular weight is 214 g/mol. The van der Waals surface area contributed by atoms with Crippen LogP contribution in [-0.2, 0) is 0 Å². The molecule has 1 saturated heterocycles. The van der Waals surface area contributed by atoms with E-state index in [0.717, 1.165) is 5.66 Å². The van der Waals surface area contributed by atoms with Crippen LogP contribution in [0, 0.1) is 5.41 Å². The van der Waals surface area contributed by atoms with Gasteiger partial charge in [-0.2, -0.15) is 0 Å². The first-order valence-electron chi connectivity index (χ1n) is 6.28. The summed E-state index contributed by atoms with van der Waals surface area (Å²) in [5, 5.41) is 0. The van der Waals surface area contributed by atoms with Crippen molar-refractivity contribution >= 4 is 7.92 Å². The Morgan fingerprint density at radius 2 is 2.00 bits per heavy atom. The molecule has 0 radical (unpaired) electrons. The predicted octanol–water partition coefficient (Wildman–Crippen LogP) is 4.87. The van der Waals surface area contributed by atoms with E-state index in [1.807, 2.05) is 0 Å². The second-order valence-corrected chi connectivity index (χ2v) is 8.17. The molecule has 0 aliphatic carbocycles. The Balaban J connectivity index is 2.38. The summed E-state index contributed by atoms with van der Waals surface area (Å²) in [6.45, 7) is 9.85. The minimum atomic E-state index is 0.363. The van der Waals surface area contributed by atoms with Crippen molar-refractivity contribution in [3.05, 3.63) is 0 Å². The molecule has 0 N–H and O–H groups in total. The van der Waals surface area contributed by atoms with Gasteiger partial charge in [0.25, 0.3) is 0 Å². The van der Waals surface area contributed by atoms with Gasteiger partial charge in [0.1, 0.15) is 0 Å². The van der Waals surface area contributed by atoms with Crippen molar-refractivity contribution in [3.8, 4) is 0 Å². The molecule has 2 atom stereocenters. The SMILES string of the molecule is CCCCCC(C)(C)C1CCCP1C. The van der Waals surface area contributed by atoms with E-state index in [1.54, 1.807) is 0 Å². The van der Waals surface area contributed by atoms with Crippen LogP contribution in [0.15, 0.2) is 0 Å². The van der Waals surface area contributed by atoms with Gasteiger partial charge in [0.15, 0.2) is 0 Å². The van der Waals surface area contributed by atoms with Crippen molar-refractivity contribution < 1.29 is 0 Å². The van der Waals surface area contributed by atoms with Gasteiger partial charge in [0.2, 0.25) is 0 Å². The fourth-order valence-corrected chi connectivity index (χ4v) is 5.83. The highest BCUT2D eigenvalue weighted by Crippen LogP contribution is 2.55. The molecule has 1 rings (SSSR count). The highest BCUT2D eigenvalue weighted by Gasteiger charge is 2.35. The molecule has 0 bridgehead atoms. The van der Waals surface area contributed by atoms with Crippen LogP contribution in [-0.4, -0.2) is 18.5 Å². The maximum absolute atomic E-state index is 2.52. The highest BCUT2D eigenvalue weighted by molar-refractivity contribution is 7.58. The lowest BCUT2D eigenvalue weighted by molar-refractivity contribution is 0.301. The third-order valence-electron chi connectivity index (χ3n) is 3.85. The summed E-state index contributed by atoms with van der Waals surface area (Å²) in [4.78, 5) is 0. The van der Waals surface area contributed by atoms with Crippen LogP contribution in [0.3, 0.4) is 0 Å². The van der Waals surface area contributed by atoms with Gasteiger partial charge in [-0.25, -0.2) is 0 Å². The molecule has 2 unspecified atom stereocenters. The number of rotatable bonds is 5. The molecule has 1 fully saturated rings. The summed E-state index contributed by atoms with van der Waals surface area (Å²) < 4.78 is 0. The molecule has 1 heterocycles. The van der Waals surface area contributed by atoms with E-state index in [4.69, 9.17) is 0 Å². The Labute approximate surface area is 91.6 Å². The van der Waals surface area contributed by atoms with E-state index in [-0.39, 0.29) is 0 Å². The molecule has 0 nitrogen and oxygen atoms in total. The van der Waals surface area contributed by atoms with Crippen LogP contribution in [0.2, 0.25) is 0 Å². The van der Waals surface area contributed by atoms with E-state index >= 15 is 0 Å². The van der Waals surface area contributed by atoms with Gasteiger partial charge in [0.05, 0.1) is 0 Å². The maximum Gasteiger partial charge on any atom is -0.0160 e. The van der Waals surface area contributed by atoms with Crippen LogP contribution >= 0.6 is 7.92 Å². The summed E-state index contributed by atoms with van der Waals surface area (Å²) in [7, 11) is 0.363. The quantitative estimate of drug-likeness (QED) is 0.452. The minimum absolute atomic E-state index is 0.363. The number of unbranched alkanes of at least 4 members (excludes halogenated alkanes) is 2. The maximum atomic E-state index is 2.52. The fraction of sp³-hybridized carbons (Fsp3) is 1.00. The van der Waals surface area contributed by atoms with E-state index in [9.17, 15) is 0 Å². The number of hydrogen-bond donors (Lipinski definition) is 0. The summed E-state index contributed by atoms with van der Waals surface area (Å²) in [6, 6.07) is 0. The van der Waals surface area contributed by atoms with E-state index < -0.39 is 0 Å². The molecule has 1 aliphatic heterocycles. The Hall–Kier alpha value is 0.430. The zero-order valence-corrected chi connectivity index (χ0v) is 11.4. The monoisotopic (exact) mass is 214 g/mol. The van der Waals surface area contributed by atoms with E-state index in [1.165, 1.54) is 44.7 Å². The smallest absolute Gasteiger partial charge is 0.0160 e. The van der Waals surface area contributed by atoms with Gasteiger partial charge < -0.3 is 0 Å². The Morgan fingerprint density at radius 3 is 2.50 bits per heavy atom. The van der Waals surface area contributed by atoms with E-state index in [0.29, 0.717) is 13.3 Å². The molecule has 0 aromatic rings. The molecule has 1 aliphatic rings. The first-order chi connectivity index (χ1) is 6.58. The van der Waals surface area contributed by atoms with Crippen LogP contribution in [0.1, 0.15) is 59.3 Å². The zero-order valence-electron chi connectivity index (χ0n) is 10.5. The minimum Gasteiger partial charge on any atom is -0.106 e. The zero-order chi connectivity index (χ0) is 10.6. The molecular formula is C13H27P. The van der Waals surface area contributed by atoms with Crippen molar-refractivity contribution in [2.75, 3.05) is 12.8 Å². The van der Waals surface area contributed by atoms with Crippen LogP contribution < -0.4 is 0 Å². The molecule has 0 aromatic carbocycles. The molecule has 1 heteroatoms. The Bertz CT molecular complexity index is 163. The van der Waals surface area contributed by atoms with Crippen molar-refractivity contribution in [2.24, 2.45) is 5.41 Å². The van der Waals surface area contributed by atoms with Gasteiger partial charge >= 0.3 is 0 Å². The lowest BCUT2D eigenvalue weighted by Gasteiger charge is -2.35. The van der Waals surface area contributed by atoms with Crippen LogP contribution in [0.5, 0.6) is 0 Å². The lowest BCUT2D eigenvalue weighted by atomic mass is 9.82. The lowest BCUT2D eigenvalue weighted by Crippen LogP contribution is -2.25. The van der Waals surface area contributed by atoms with Gasteiger partial charge in [-0.15, -0.1) is 7.92 Å². The third-order valence-corrected chi connectivity index (χ3v) is 6.89. The molecule has 0 spiro atoms.